The van der Waals surface area contributed by atoms with Crippen molar-refractivity contribution in [3.8, 4) is 0 Å². The Hall–Kier alpha value is -1.42. The number of aryl methyl sites for hydroxylation is 1. The number of hydrogen-bond donors (Lipinski definition) is 0. The zero-order valence-corrected chi connectivity index (χ0v) is 9.20. The molecule has 1 aromatic carbocycles. The van der Waals surface area contributed by atoms with Crippen LogP contribution in [0.5, 0.6) is 0 Å². The van der Waals surface area contributed by atoms with Crippen LogP contribution in [0, 0.1) is 12.7 Å². The Labute approximate surface area is 93.8 Å². The molecule has 0 spiro atoms. The fourth-order valence-electron chi connectivity index (χ4n) is 1.69. The number of carbonyl (C=O) groups is 1. The molecule has 1 heterocycles. The summed E-state index contributed by atoms with van der Waals surface area (Å²) < 4.78 is 13.5. The van der Waals surface area contributed by atoms with Gasteiger partial charge in [-0.25, -0.2) is 9.45 Å². The van der Waals surface area contributed by atoms with Gasteiger partial charge < -0.3 is 0 Å². The van der Waals surface area contributed by atoms with E-state index in [4.69, 9.17) is 4.84 Å². The van der Waals surface area contributed by atoms with Gasteiger partial charge in [0.1, 0.15) is 5.82 Å². The van der Waals surface area contributed by atoms with Gasteiger partial charge in [0.05, 0.1) is 12.2 Å². The Morgan fingerprint density at radius 3 is 2.94 bits per heavy atom. The molecule has 0 unspecified atom stereocenters. The lowest BCUT2D eigenvalue weighted by Crippen LogP contribution is -2.36. The maximum Gasteiger partial charge on any atom is 0.280 e. The Kier molecular flexibility index (Phi) is 3.19. The van der Waals surface area contributed by atoms with E-state index in [1.807, 2.05) is 6.92 Å². The highest BCUT2D eigenvalue weighted by atomic mass is 19.1. The van der Waals surface area contributed by atoms with Crippen LogP contribution in [0.25, 0.3) is 0 Å². The van der Waals surface area contributed by atoms with Crippen LogP contribution in [-0.2, 0) is 4.84 Å². The number of rotatable bonds is 1. The van der Waals surface area contributed by atoms with Gasteiger partial charge in [-0.2, -0.15) is 0 Å². The molecule has 3 nitrogen and oxygen atoms in total. The number of hydroxylamine groups is 2. The van der Waals surface area contributed by atoms with Crippen molar-refractivity contribution in [1.29, 1.82) is 0 Å². The first-order valence-electron chi connectivity index (χ1n) is 5.39. The van der Waals surface area contributed by atoms with Gasteiger partial charge in [0.2, 0.25) is 0 Å². The summed E-state index contributed by atoms with van der Waals surface area (Å²) >= 11 is 0. The van der Waals surface area contributed by atoms with Gasteiger partial charge in [0, 0.05) is 6.54 Å². The third kappa shape index (κ3) is 2.22. The van der Waals surface area contributed by atoms with Crippen molar-refractivity contribution in [2.24, 2.45) is 0 Å². The Morgan fingerprint density at radius 1 is 1.44 bits per heavy atom. The fourth-order valence-corrected chi connectivity index (χ4v) is 1.69. The molecule has 1 aliphatic heterocycles. The molecule has 1 amide bonds. The van der Waals surface area contributed by atoms with Crippen molar-refractivity contribution in [1.82, 2.24) is 5.06 Å². The minimum Gasteiger partial charge on any atom is -0.271 e. The maximum atomic E-state index is 13.5. The monoisotopic (exact) mass is 223 g/mol. The molecule has 1 aromatic rings. The van der Waals surface area contributed by atoms with Gasteiger partial charge in [-0.05, 0) is 31.9 Å². The summed E-state index contributed by atoms with van der Waals surface area (Å²) in [6.45, 7) is 2.89. The minimum atomic E-state index is -0.496. The van der Waals surface area contributed by atoms with Gasteiger partial charge >= 0.3 is 0 Å². The first-order chi connectivity index (χ1) is 7.68. The van der Waals surface area contributed by atoms with E-state index in [1.54, 1.807) is 12.1 Å². The lowest BCUT2D eigenvalue weighted by atomic mass is 10.1. The maximum absolute atomic E-state index is 13.5. The molecule has 1 saturated heterocycles. The summed E-state index contributed by atoms with van der Waals surface area (Å²) in [7, 11) is 0. The average Bonchev–Trinajstić information content (AvgIpc) is 2.32. The van der Waals surface area contributed by atoms with Crippen LogP contribution < -0.4 is 0 Å². The third-order valence-electron chi connectivity index (χ3n) is 2.58. The van der Waals surface area contributed by atoms with Gasteiger partial charge in [-0.1, -0.05) is 11.6 Å². The summed E-state index contributed by atoms with van der Waals surface area (Å²) in [4.78, 5) is 17.1. The number of nitrogens with zero attached hydrogens (tertiary/aromatic N) is 1. The van der Waals surface area contributed by atoms with Crippen LogP contribution >= 0.6 is 0 Å². The van der Waals surface area contributed by atoms with E-state index < -0.39 is 5.82 Å². The Bertz CT molecular complexity index is 400. The van der Waals surface area contributed by atoms with Crippen molar-refractivity contribution < 1.29 is 14.0 Å². The Morgan fingerprint density at radius 2 is 2.25 bits per heavy atom. The SMILES string of the molecule is Cc1ccc(F)c(C(=O)N2CCCCO2)c1. The minimum absolute atomic E-state index is 0.0851. The van der Waals surface area contributed by atoms with Gasteiger partial charge in [0.15, 0.2) is 0 Å². The van der Waals surface area contributed by atoms with Crippen molar-refractivity contribution in [3.63, 3.8) is 0 Å². The third-order valence-corrected chi connectivity index (χ3v) is 2.58. The smallest absolute Gasteiger partial charge is 0.271 e. The van der Waals surface area contributed by atoms with Crippen LogP contribution in [0.1, 0.15) is 28.8 Å². The van der Waals surface area contributed by atoms with Crippen LogP contribution in [0.4, 0.5) is 4.39 Å². The summed E-state index contributed by atoms with van der Waals surface area (Å²) in [5.74, 6) is -0.884. The predicted octanol–water partition coefficient (Wildman–Crippen LogP) is 2.30. The molecule has 0 radical (unpaired) electrons. The number of hydrogen-bond acceptors (Lipinski definition) is 2. The molecule has 0 aliphatic carbocycles. The fraction of sp³-hybridized carbons (Fsp3) is 0.417. The summed E-state index contributed by atoms with van der Waals surface area (Å²) in [6.07, 6.45) is 1.85. The molecule has 0 aromatic heterocycles. The zero-order chi connectivity index (χ0) is 11.5. The number of carbonyl (C=O) groups excluding carboxylic acids is 1. The first kappa shape index (κ1) is 11.1. The van der Waals surface area contributed by atoms with Gasteiger partial charge in [-0.3, -0.25) is 9.63 Å². The molecule has 1 aliphatic rings. The highest BCUT2D eigenvalue weighted by Gasteiger charge is 2.22. The quantitative estimate of drug-likeness (QED) is 0.731. The van der Waals surface area contributed by atoms with Crippen LogP contribution in [0.2, 0.25) is 0 Å². The van der Waals surface area contributed by atoms with Crippen LogP contribution in [-0.4, -0.2) is 24.1 Å². The van der Waals surface area contributed by atoms with E-state index in [0.717, 1.165) is 18.4 Å². The van der Waals surface area contributed by atoms with Crippen molar-refractivity contribution in [2.45, 2.75) is 19.8 Å². The second kappa shape index (κ2) is 4.61. The lowest BCUT2D eigenvalue weighted by Gasteiger charge is -2.26. The molecular formula is C12H14FNO2. The first-order valence-corrected chi connectivity index (χ1v) is 5.39. The Balaban J connectivity index is 2.22. The topological polar surface area (TPSA) is 29.5 Å². The molecule has 86 valence electrons. The van der Waals surface area contributed by atoms with E-state index >= 15 is 0 Å². The van der Waals surface area contributed by atoms with Gasteiger partial charge in [-0.15, -0.1) is 0 Å². The van der Waals surface area contributed by atoms with E-state index in [9.17, 15) is 9.18 Å². The van der Waals surface area contributed by atoms with Crippen molar-refractivity contribution in [3.05, 3.63) is 35.1 Å². The largest absolute Gasteiger partial charge is 0.280 e. The molecular weight excluding hydrogens is 209 g/mol. The molecule has 1 fully saturated rings. The summed E-state index contributed by atoms with van der Waals surface area (Å²) in [6, 6.07) is 4.51. The number of amides is 1. The number of halogens is 1. The molecule has 16 heavy (non-hydrogen) atoms. The molecule has 2 rings (SSSR count). The molecule has 4 heteroatoms. The zero-order valence-electron chi connectivity index (χ0n) is 9.20. The second-order valence-electron chi connectivity index (χ2n) is 3.93. The molecule has 0 bridgehead atoms. The predicted molar refractivity (Wildman–Crippen MR) is 57.4 cm³/mol. The molecule has 0 saturated carbocycles. The normalized spacial score (nSPS) is 16.2. The number of benzene rings is 1. The van der Waals surface area contributed by atoms with E-state index in [0.29, 0.717) is 13.2 Å². The highest BCUT2D eigenvalue weighted by molar-refractivity contribution is 5.94. The summed E-state index contributed by atoms with van der Waals surface area (Å²) in [5.41, 5.74) is 0.948. The van der Waals surface area contributed by atoms with E-state index in [1.165, 1.54) is 11.1 Å². The van der Waals surface area contributed by atoms with Crippen molar-refractivity contribution in [2.75, 3.05) is 13.2 Å². The average molecular weight is 223 g/mol. The van der Waals surface area contributed by atoms with Crippen molar-refractivity contribution >= 4 is 5.91 Å². The highest BCUT2D eigenvalue weighted by Crippen LogP contribution is 2.15. The summed E-state index contributed by atoms with van der Waals surface area (Å²) in [5, 5.41) is 1.25. The van der Waals surface area contributed by atoms with Crippen LogP contribution in [0.3, 0.4) is 0 Å². The second-order valence-corrected chi connectivity index (χ2v) is 3.93. The lowest BCUT2D eigenvalue weighted by molar-refractivity contribution is -0.144. The molecule has 0 atom stereocenters. The van der Waals surface area contributed by atoms with E-state index in [-0.39, 0.29) is 11.5 Å². The standard InChI is InChI=1S/C12H14FNO2/c1-9-4-5-11(13)10(8-9)12(15)14-6-2-3-7-16-14/h4-5,8H,2-3,6-7H2,1H3. The van der Waals surface area contributed by atoms with Gasteiger partial charge in [0.25, 0.3) is 5.91 Å². The van der Waals surface area contributed by atoms with Crippen LogP contribution in [0.15, 0.2) is 18.2 Å². The molecule has 0 N–H and O–H groups in total. The van der Waals surface area contributed by atoms with E-state index in [2.05, 4.69) is 0 Å².